The van der Waals surface area contributed by atoms with Crippen LogP contribution in [-0.2, 0) is 6.54 Å². The van der Waals surface area contributed by atoms with Gasteiger partial charge < -0.3 is 4.74 Å². The van der Waals surface area contributed by atoms with E-state index in [-0.39, 0.29) is 0 Å². The zero-order valence-corrected chi connectivity index (χ0v) is 11.3. The van der Waals surface area contributed by atoms with Crippen LogP contribution in [0, 0.1) is 5.92 Å². The third kappa shape index (κ3) is 2.07. The molecule has 4 heteroatoms. The summed E-state index contributed by atoms with van der Waals surface area (Å²) in [6, 6.07) is 6.02. The smallest absolute Gasteiger partial charge is 0.136 e. The van der Waals surface area contributed by atoms with Crippen molar-refractivity contribution in [1.82, 2.24) is 9.78 Å². The number of halogens is 1. The fraction of sp³-hybridized carbons (Fsp3) is 0.417. The first kappa shape index (κ1) is 11.5. The first-order valence-electron chi connectivity index (χ1n) is 5.32. The van der Waals surface area contributed by atoms with Gasteiger partial charge in [-0.1, -0.05) is 13.8 Å². The Morgan fingerprint density at radius 1 is 1.44 bits per heavy atom. The van der Waals surface area contributed by atoms with Crippen LogP contribution < -0.4 is 4.74 Å². The summed E-state index contributed by atoms with van der Waals surface area (Å²) in [5.74, 6) is 1.44. The van der Waals surface area contributed by atoms with E-state index in [1.54, 1.807) is 7.11 Å². The van der Waals surface area contributed by atoms with E-state index in [0.717, 1.165) is 27.8 Å². The second-order valence-electron chi connectivity index (χ2n) is 4.25. The minimum atomic E-state index is 0.581. The van der Waals surface area contributed by atoms with Crippen molar-refractivity contribution in [2.24, 2.45) is 5.92 Å². The summed E-state index contributed by atoms with van der Waals surface area (Å²) >= 11 is 3.48. The molecule has 0 saturated carbocycles. The van der Waals surface area contributed by atoms with E-state index in [1.165, 1.54) is 0 Å². The van der Waals surface area contributed by atoms with Gasteiger partial charge in [-0.25, -0.2) is 0 Å². The molecule has 1 aromatic carbocycles. The van der Waals surface area contributed by atoms with Gasteiger partial charge in [0.25, 0.3) is 0 Å². The van der Waals surface area contributed by atoms with Crippen LogP contribution in [0.3, 0.4) is 0 Å². The molecule has 2 aromatic rings. The molecule has 0 amide bonds. The average Bonchev–Trinajstić information content (AvgIpc) is 2.54. The molecule has 0 aliphatic carbocycles. The normalized spacial score (nSPS) is 11.3. The number of hydrogen-bond acceptors (Lipinski definition) is 2. The molecule has 0 bridgehead atoms. The predicted molar refractivity (Wildman–Crippen MR) is 68.8 cm³/mol. The van der Waals surface area contributed by atoms with Gasteiger partial charge in [-0.2, -0.15) is 5.10 Å². The molecule has 0 radical (unpaired) electrons. The van der Waals surface area contributed by atoms with E-state index in [4.69, 9.17) is 4.74 Å². The van der Waals surface area contributed by atoms with Crippen molar-refractivity contribution in [3.8, 4) is 5.75 Å². The van der Waals surface area contributed by atoms with Crippen LogP contribution in [0.4, 0.5) is 0 Å². The summed E-state index contributed by atoms with van der Waals surface area (Å²) in [4.78, 5) is 0. The first-order valence-corrected chi connectivity index (χ1v) is 6.11. The number of nitrogens with zero attached hydrogens (tertiary/aromatic N) is 2. The lowest BCUT2D eigenvalue weighted by molar-refractivity contribution is 0.415. The topological polar surface area (TPSA) is 27.1 Å². The number of ether oxygens (including phenoxy) is 1. The van der Waals surface area contributed by atoms with Gasteiger partial charge in [0.2, 0.25) is 0 Å². The predicted octanol–water partition coefficient (Wildman–Crippen LogP) is 3.46. The van der Waals surface area contributed by atoms with Gasteiger partial charge in [-0.15, -0.1) is 0 Å². The monoisotopic (exact) mass is 282 g/mol. The molecule has 0 saturated heterocycles. The van der Waals surface area contributed by atoms with E-state index in [2.05, 4.69) is 34.9 Å². The van der Waals surface area contributed by atoms with Crippen LogP contribution in [0.2, 0.25) is 0 Å². The Labute approximate surface area is 104 Å². The molecule has 0 unspecified atom stereocenters. The Morgan fingerprint density at radius 2 is 2.19 bits per heavy atom. The van der Waals surface area contributed by atoms with Crippen LogP contribution in [0.15, 0.2) is 22.8 Å². The van der Waals surface area contributed by atoms with Crippen molar-refractivity contribution in [2.75, 3.05) is 7.11 Å². The standard InChI is InChI=1S/C12H15BrN2O/c1-8(2)7-15-11-5-4-9(16-3)6-10(11)12(13)14-15/h4-6,8H,7H2,1-3H3. The fourth-order valence-corrected chi connectivity index (χ4v) is 2.24. The minimum absolute atomic E-state index is 0.581. The zero-order chi connectivity index (χ0) is 11.7. The second kappa shape index (κ2) is 4.45. The van der Waals surface area contributed by atoms with Crippen LogP contribution >= 0.6 is 15.9 Å². The maximum Gasteiger partial charge on any atom is 0.136 e. The van der Waals surface area contributed by atoms with E-state index < -0.39 is 0 Å². The van der Waals surface area contributed by atoms with Crippen molar-refractivity contribution in [2.45, 2.75) is 20.4 Å². The van der Waals surface area contributed by atoms with Crippen molar-refractivity contribution < 1.29 is 4.74 Å². The second-order valence-corrected chi connectivity index (χ2v) is 5.00. The van der Waals surface area contributed by atoms with Crippen LogP contribution in [0.25, 0.3) is 10.9 Å². The van der Waals surface area contributed by atoms with Crippen molar-refractivity contribution >= 4 is 26.8 Å². The Balaban J connectivity index is 2.53. The van der Waals surface area contributed by atoms with Gasteiger partial charge in [0.05, 0.1) is 12.6 Å². The summed E-state index contributed by atoms with van der Waals surface area (Å²) in [5, 5.41) is 5.58. The number of hydrogen-bond donors (Lipinski definition) is 0. The lowest BCUT2D eigenvalue weighted by atomic mass is 10.2. The Hall–Kier alpha value is -1.03. The first-order chi connectivity index (χ1) is 7.61. The van der Waals surface area contributed by atoms with Crippen LogP contribution in [0.1, 0.15) is 13.8 Å². The molecule has 1 heterocycles. The van der Waals surface area contributed by atoms with Crippen LogP contribution in [0.5, 0.6) is 5.75 Å². The van der Waals surface area contributed by atoms with E-state index in [1.807, 2.05) is 22.9 Å². The number of fused-ring (bicyclic) bond motifs is 1. The van der Waals surface area contributed by atoms with Crippen molar-refractivity contribution in [1.29, 1.82) is 0 Å². The van der Waals surface area contributed by atoms with Crippen molar-refractivity contribution in [3.63, 3.8) is 0 Å². The highest BCUT2D eigenvalue weighted by Gasteiger charge is 2.10. The molecular weight excluding hydrogens is 268 g/mol. The maximum atomic E-state index is 5.21. The third-order valence-electron chi connectivity index (χ3n) is 2.45. The molecule has 1 aromatic heterocycles. The SMILES string of the molecule is COc1ccc2c(c1)c(Br)nn2CC(C)C. The molecule has 86 valence electrons. The summed E-state index contributed by atoms with van der Waals surface area (Å²) < 4.78 is 8.12. The Morgan fingerprint density at radius 3 is 2.81 bits per heavy atom. The largest absolute Gasteiger partial charge is 0.497 e. The minimum Gasteiger partial charge on any atom is -0.497 e. The zero-order valence-electron chi connectivity index (χ0n) is 9.70. The molecule has 0 atom stereocenters. The molecule has 0 spiro atoms. The van der Waals surface area contributed by atoms with E-state index >= 15 is 0 Å². The molecule has 0 fully saturated rings. The highest BCUT2D eigenvalue weighted by atomic mass is 79.9. The molecule has 0 N–H and O–H groups in total. The van der Waals surface area contributed by atoms with E-state index in [9.17, 15) is 0 Å². The Kier molecular flexibility index (Phi) is 3.19. The molecule has 16 heavy (non-hydrogen) atoms. The highest BCUT2D eigenvalue weighted by molar-refractivity contribution is 9.10. The average molecular weight is 283 g/mol. The molecule has 0 aliphatic heterocycles. The van der Waals surface area contributed by atoms with Crippen molar-refractivity contribution in [3.05, 3.63) is 22.8 Å². The molecule has 2 rings (SSSR count). The molecule has 0 aliphatic rings. The Bertz CT molecular complexity index is 505. The molecular formula is C12H15BrN2O. The number of aromatic nitrogens is 2. The number of methoxy groups -OCH3 is 1. The summed E-state index contributed by atoms with van der Waals surface area (Å²) in [6.45, 7) is 5.30. The summed E-state index contributed by atoms with van der Waals surface area (Å²) in [7, 11) is 1.67. The summed E-state index contributed by atoms with van der Waals surface area (Å²) in [5.41, 5.74) is 1.14. The van der Waals surface area contributed by atoms with Gasteiger partial charge >= 0.3 is 0 Å². The van der Waals surface area contributed by atoms with E-state index in [0.29, 0.717) is 5.92 Å². The van der Waals surface area contributed by atoms with Gasteiger partial charge in [-0.05, 0) is 40.0 Å². The number of benzene rings is 1. The lowest BCUT2D eigenvalue weighted by Crippen LogP contribution is -2.05. The quantitative estimate of drug-likeness (QED) is 0.862. The third-order valence-corrected chi connectivity index (χ3v) is 3.04. The summed E-state index contributed by atoms with van der Waals surface area (Å²) in [6.07, 6.45) is 0. The fourth-order valence-electron chi connectivity index (χ4n) is 1.73. The number of rotatable bonds is 3. The lowest BCUT2D eigenvalue weighted by Gasteiger charge is -2.06. The molecule has 3 nitrogen and oxygen atoms in total. The van der Waals surface area contributed by atoms with Gasteiger partial charge in [0.1, 0.15) is 10.4 Å². The van der Waals surface area contributed by atoms with Gasteiger partial charge in [0, 0.05) is 11.9 Å². The van der Waals surface area contributed by atoms with Crippen LogP contribution in [-0.4, -0.2) is 16.9 Å². The maximum absolute atomic E-state index is 5.21. The highest BCUT2D eigenvalue weighted by Crippen LogP contribution is 2.27. The van der Waals surface area contributed by atoms with Gasteiger partial charge in [-0.3, -0.25) is 4.68 Å². The van der Waals surface area contributed by atoms with Gasteiger partial charge in [0.15, 0.2) is 0 Å².